The topological polar surface area (TPSA) is 299 Å². The molecule has 0 bridgehead atoms. The van der Waals surface area contributed by atoms with Gasteiger partial charge in [-0.05, 0) is 91.0 Å². The molecular formula is C66H57N9O15S3. The molecule has 0 saturated carbocycles. The van der Waals surface area contributed by atoms with Gasteiger partial charge in [0, 0.05) is 35.3 Å². The Morgan fingerprint density at radius 3 is 0.806 bits per heavy atom. The average molecular weight is 1310 g/mol. The molecule has 12 rings (SSSR count). The zero-order valence-corrected chi connectivity index (χ0v) is 51.5. The molecule has 0 aliphatic carbocycles. The van der Waals surface area contributed by atoms with Gasteiger partial charge in [-0.2, -0.15) is 15.0 Å². The van der Waals surface area contributed by atoms with Crippen molar-refractivity contribution in [3.05, 3.63) is 284 Å². The molecule has 6 atom stereocenters. The van der Waals surface area contributed by atoms with Crippen molar-refractivity contribution in [2.75, 3.05) is 55.6 Å². The zero-order chi connectivity index (χ0) is 64.9. The molecule has 0 spiro atoms. The largest absolute Gasteiger partial charge is 0.458 e. The van der Waals surface area contributed by atoms with Gasteiger partial charge in [-0.1, -0.05) is 144 Å². The van der Waals surface area contributed by atoms with Crippen LogP contribution in [0.15, 0.2) is 233 Å². The molecule has 24 nitrogen and oxygen atoms in total. The Balaban J connectivity index is 0.000000153. The van der Waals surface area contributed by atoms with E-state index >= 15 is 0 Å². The van der Waals surface area contributed by atoms with Crippen molar-refractivity contribution in [1.29, 1.82) is 0 Å². The van der Waals surface area contributed by atoms with Crippen molar-refractivity contribution < 1.29 is 57.2 Å². The van der Waals surface area contributed by atoms with Crippen LogP contribution < -0.4 is 33.0 Å². The summed E-state index contributed by atoms with van der Waals surface area (Å²) < 4.78 is 37.1. The van der Waals surface area contributed by atoms with Gasteiger partial charge in [0.1, 0.15) is 69.7 Å². The Bertz CT molecular complexity index is 3790. The maximum atomic E-state index is 12.4. The number of esters is 3. The van der Waals surface area contributed by atoms with Crippen LogP contribution in [0.4, 0.5) is 17.5 Å². The first-order valence-electron chi connectivity index (χ1n) is 28.6. The van der Waals surface area contributed by atoms with E-state index in [1.54, 1.807) is 182 Å². The number of benzene rings is 6. The Kier molecular flexibility index (Phi) is 23.0. The molecule has 0 radical (unpaired) electrons. The predicted molar refractivity (Wildman–Crippen MR) is 348 cm³/mol. The summed E-state index contributed by atoms with van der Waals surface area (Å²) in [5, 5.41) is 6.93. The van der Waals surface area contributed by atoms with E-state index in [0.717, 1.165) is 0 Å². The van der Waals surface area contributed by atoms with Gasteiger partial charge < -0.3 is 44.4 Å². The third-order valence-corrected chi connectivity index (χ3v) is 17.3. The van der Waals surface area contributed by atoms with E-state index in [1.807, 2.05) is 36.4 Å². The monoisotopic (exact) mass is 1310 g/mol. The van der Waals surface area contributed by atoms with Crippen molar-refractivity contribution in [2.24, 2.45) is 0 Å². The molecule has 474 valence electrons. The van der Waals surface area contributed by atoms with Crippen LogP contribution in [0, 0.1) is 0 Å². The maximum absolute atomic E-state index is 12.4. The second kappa shape index (κ2) is 32.6. The number of carbonyl (C=O) groups excluding carboxylic acids is 6. The molecule has 93 heavy (non-hydrogen) atoms. The number of anilines is 3. The predicted octanol–water partition coefficient (Wildman–Crippen LogP) is 8.82. The van der Waals surface area contributed by atoms with Crippen LogP contribution in [0.2, 0.25) is 0 Å². The zero-order valence-electron chi connectivity index (χ0n) is 49.0. The number of hydrogen-bond donors (Lipinski definition) is 3. The molecule has 27 heteroatoms. The molecule has 6 aromatic carbocycles. The number of nitrogens with one attached hydrogen (secondary N) is 3. The first kappa shape index (κ1) is 65.7. The van der Waals surface area contributed by atoms with Crippen LogP contribution >= 0.6 is 35.3 Å². The maximum Gasteiger partial charge on any atom is 0.350 e. The van der Waals surface area contributed by atoms with Gasteiger partial charge in [0.2, 0.25) is 0 Å². The summed E-state index contributed by atoms with van der Waals surface area (Å²) >= 11 is 4.10. The highest BCUT2D eigenvalue weighted by atomic mass is 32.2. The number of thioether (sulfide) groups is 3. The molecule has 3 aromatic heterocycles. The van der Waals surface area contributed by atoms with Crippen LogP contribution in [-0.2, 0) is 28.4 Å². The summed E-state index contributed by atoms with van der Waals surface area (Å²) in [5.41, 5.74) is 0.146. The summed E-state index contributed by atoms with van der Waals surface area (Å²) in [5.74, 6) is -1.79. The van der Waals surface area contributed by atoms with Gasteiger partial charge in [-0.25, -0.2) is 28.8 Å². The van der Waals surface area contributed by atoms with Gasteiger partial charge in [0.05, 0.1) is 36.5 Å². The lowest BCUT2D eigenvalue weighted by molar-refractivity contribution is 0.0268. The molecule has 6 heterocycles. The lowest BCUT2D eigenvalue weighted by Crippen LogP contribution is -2.27. The normalized spacial score (nSPS) is 17.8. The second-order valence-corrected chi connectivity index (χ2v) is 23.9. The van der Waals surface area contributed by atoms with E-state index in [-0.39, 0.29) is 107 Å². The number of rotatable bonds is 18. The van der Waals surface area contributed by atoms with Gasteiger partial charge in [-0.3, -0.25) is 28.1 Å². The highest BCUT2D eigenvalue weighted by Crippen LogP contribution is 2.37. The van der Waals surface area contributed by atoms with Crippen LogP contribution in [0.1, 0.15) is 78.3 Å². The summed E-state index contributed by atoms with van der Waals surface area (Å²) in [6, 6.07) is 56.8. The summed E-state index contributed by atoms with van der Waals surface area (Å²) in [6.45, 7) is 1.04. The molecule has 9 aromatic rings. The second-order valence-electron chi connectivity index (χ2n) is 19.9. The fourth-order valence-corrected chi connectivity index (χ4v) is 12.2. The molecule has 3 N–H and O–H groups in total. The fraction of sp³-hybridized carbons (Fsp3) is 0.182. The Morgan fingerprint density at radius 2 is 0.581 bits per heavy atom. The molecule has 0 unspecified atom stereocenters. The first-order chi connectivity index (χ1) is 45.3. The SMILES string of the molecule is O=C(Nc1ccn([C@@H]2CO[C@@H](COC(=O)c3ccccc3)S2)c(=O)n1)c1ccccc1.O=C(Nc1ccn([C@H]2CO[C@@H](COC(=O)c3ccccc3)S2)c(=O)n1)c1ccccc1.O=C(Nc1ccn([C@H]2CO[C@@H](COC(=O)c3ccccc3)S2)c(=O)n1)c1ccccc1. The van der Waals surface area contributed by atoms with E-state index in [2.05, 4.69) is 30.9 Å². The number of aromatic nitrogens is 6. The molecule has 3 fully saturated rings. The Labute approximate surface area is 543 Å². The third kappa shape index (κ3) is 18.7. The third-order valence-electron chi connectivity index (χ3n) is 13.5. The average Bonchev–Trinajstić information content (AvgIpc) is 2.13. The minimum atomic E-state index is -0.506. The highest BCUT2D eigenvalue weighted by Gasteiger charge is 2.32. The van der Waals surface area contributed by atoms with Crippen molar-refractivity contribution in [3.63, 3.8) is 0 Å². The van der Waals surface area contributed by atoms with E-state index < -0.39 is 35.0 Å². The molecule has 3 saturated heterocycles. The fourth-order valence-electron chi connectivity index (χ4n) is 8.87. The van der Waals surface area contributed by atoms with Gasteiger partial charge in [0.25, 0.3) is 17.7 Å². The van der Waals surface area contributed by atoms with Gasteiger partial charge in [0.15, 0.2) is 0 Å². The highest BCUT2D eigenvalue weighted by molar-refractivity contribution is 8.00. The van der Waals surface area contributed by atoms with Gasteiger partial charge >= 0.3 is 35.0 Å². The lowest BCUT2D eigenvalue weighted by atomic mass is 10.2. The quantitative estimate of drug-likeness (QED) is 0.0534. The van der Waals surface area contributed by atoms with E-state index in [1.165, 1.54) is 49.0 Å². The molecule has 3 aliphatic heterocycles. The minimum absolute atomic E-state index is 0.0717. The van der Waals surface area contributed by atoms with E-state index in [4.69, 9.17) is 28.4 Å². The first-order valence-corrected chi connectivity index (χ1v) is 31.5. The van der Waals surface area contributed by atoms with Crippen molar-refractivity contribution in [3.8, 4) is 0 Å². The summed E-state index contributed by atoms with van der Waals surface area (Å²) in [4.78, 5) is 122. The lowest BCUT2D eigenvalue weighted by Gasteiger charge is -2.13. The summed E-state index contributed by atoms with van der Waals surface area (Å²) in [6.07, 6.45) is 4.69. The Hall–Kier alpha value is -10.3. The van der Waals surface area contributed by atoms with Crippen molar-refractivity contribution >= 4 is 88.4 Å². The van der Waals surface area contributed by atoms with Crippen LogP contribution in [0.3, 0.4) is 0 Å². The minimum Gasteiger partial charge on any atom is -0.458 e. The Morgan fingerprint density at radius 1 is 0.355 bits per heavy atom. The van der Waals surface area contributed by atoms with Crippen molar-refractivity contribution in [1.82, 2.24) is 28.7 Å². The van der Waals surface area contributed by atoms with E-state index in [9.17, 15) is 43.2 Å². The summed E-state index contributed by atoms with van der Waals surface area (Å²) in [7, 11) is 0. The standard InChI is InChI=1S/3C22H19N3O5S/c3*26-20(15-7-3-1-4-8-15)23-17-11-12-25(22(28)24-17)18-13-29-19(31-18)14-30-21(27)16-9-5-2-6-10-16/h3*1-12,18-19H,13-14H2,(H,23,24,26,28)/t18-,19+;2*18-,19-/m011/s1. The number of amides is 3. The van der Waals surface area contributed by atoms with Gasteiger partial charge in [-0.15, -0.1) is 0 Å². The number of ether oxygens (including phenoxy) is 6. The number of carbonyl (C=O) groups is 6. The smallest absolute Gasteiger partial charge is 0.350 e. The number of hydrogen-bond acceptors (Lipinski definition) is 21. The number of nitrogens with zero attached hydrogens (tertiary/aromatic N) is 6. The molecule has 3 aliphatic rings. The van der Waals surface area contributed by atoms with Crippen LogP contribution in [0.5, 0.6) is 0 Å². The van der Waals surface area contributed by atoms with Crippen LogP contribution in [0.25, 0.3) is 0 Å². The van der Waals surface area contributed by atoms with E-state index in [0.29, 0.717) is 33.4 Å². The van der Waals surface area contributed by atoms with Crippen LogP contribution in [-0.4, -0.2) is 120 Å². The molecule has 3 amide bonds. The molecular weight excluding hydrogens is 1250 g/mol. The van der Waals surface area contributed by atoms with Crippen molar-refractivity contribution in [2.45, 2.75) is 32.4 Å².